The second kappa shape index (κ2) is 17.8. The summed E-state index contributed by atoms with van der Waals surface area (Å²) in [6.45, 7) is 5.37. The number of dihydropyridines is 1. The van der Waals surface area contributed by atoms with Crippen LogP contribution in [0.3, 0.4) is 0 Å². The van der Waals surface area contributed by atoms with Crippen LogP contribution in [0.2, 0.25) is 0 Å². The molecule has 5 saturated carbocycles. The van der Waals surface area contributed by atoms with Gasteiger partial charge < -0.3 is 67.1 Å². The summed E-state index contributed by atoms with van der Waals surface area (Å²) in [4.78, 5) is 16.2. The van der Waals surface area contributed by atoms with Crippen LogP contribution < -0.4 is 16.4 Å². The molecule has 6 fully saturated rings. The molecule has 69 heavy (non-hydrogen) atoms. The Bertz CT molecular complexity index is 2220. The number of Topliss-reactive ketones (excluding diaryl/α,β-unsaturated/α-hetero) is 1. The van der Waals surface area contributed by atoms with Gasteiger partial charge in [0.05, 0.1) is 70.7 Å². The number of ketones is 1. The fraction of sp³-hybridized carbons (Fsp3) is 0.800. The maximum atomic E-state index is 16.2. The molecule has 2 heterocycles. The van der Waals surface area contributed by atoms with Crippen LogP contribution in [0.5, 0.6) is 0 Å². The summed E-state index contributed by atoms with van der Waals surface area (Å²) < 4.78 is 7.04. The summed E-state index contributed by atoms with van der Waals surface area (Å²) in [6.07, 6.45) is 9.92. The highest BCUT2D eigenvalue weighted by Crippen LogP contribution is 2.78. The molecule has 11 aliphatic rings. The third kappa shape index (κ3) is 7.24. The zero-order valence-corrected chi connectivity index (χ0v) is 41.1. The Balaban J connectivity index is 1.17. The first-order valence-electron chi connectivity index (χ1n) is 26.8. The van der Waals surface area contributed by atoms with Gasteiger partial charge in [-0.1, -0.05) is 44.4 Å². The van der Waals surface area contributed by atoms with Gasteiger partial charge in [0.25, 0.3) is 0 Å². The van der Waals surface area contributed by atoms with Gasteiger partial charge in [0.15, 0.2) is 5.78 Å². The molecule has 20 atom stereocenters. The molecular weight excluding hydrogens is 879 g/mol. The first-order chi connectivity index (χ1) is 32.8. The first kappa shape index (κ1) is 49.9. The van der Waals surface area contributed by atoms with Crippen molar-refractivity contribution in [3.8, 4) is 11.8 Å². The maximum absolute atomic E-state index is 16.2. The lowest BCUT2D eigenvalue weighted by atomic mass is 9.35. The van der Waals surface area contributed by atoms with Gasteiger partial charge in [-0.3, -0.25) is 4.79 Å². The van der Waals surface area contributed by atoms with Crippen LogP contribution in [0.1, 0.15) is 143 Å². The van der Waals surface area contributed by atoms with E-state index in [1.165, 1.54) is 0 Å². The maximum Gasteiger partial charge on any atom is 0.186 e. The second-order valence-corrected chi connectivity index (χ2v) is 24.2. The first-order valence-corrected chi connectivity index (χ1v) is 26.8. The van der Waals surface area contributed by atoms with E-state index >= 15 is 4.79 Å². The monoisotopic (exact) mass is 960 g/mol. The normalized spacial score (nSPS) is 49.0. The van der Waals surface area contributed by atoms with Crippen LogP contribution in [0.15, 0.2) is 46.8 Å². The van der Waals surface area contributed by atoms with Crippen LogP contribution in [0.25, 0.3) is 0 Å². The molecule has 11 rings (SSSR count). The largest absolute Gasteiger partial charge is 0.396 e. The summed E-state index contributed by atoms with van der Waals surface area (Å²) in [5.74, 6) is 4.22. The van der Waals surface area contributed by atoms with E-state index in [0.29, 0.717) is 31.6 Å². The van der Waals surface area contributed by atoms with Gasteiger partial charge in [0, 0.05) is 60.8 Å². The molecule has 14 nitrogen and oxygen atoms in total. The Morgan fingerprint density at radius 3 is 2.48 bits per heavy atom. The average Bonchev–Trinajstić information content (AvgIpc) is 3.64. The van der Waals surface area contributed by atoms with E-state index in [2.05, 4.69) is 29.4 Å². The lowest BCUT2D eigenvalue weighted by Gasteiger charge is -2.70. The van der Waals surface area contributed by atoms with Gasteiger partial charge >= 0.3 is 0 Å². The number of rotatable bonds is 11. The van der Waals surface area contributed by atoms with Crippen molar-refractivity contribution in [1.82, 2.24) is 10.6 Å². The summed E-state index contributed by atoms with van der Waals surface area (Å²) in [5, 5.41) is 119. The van der Waals surface area contributed by atoms with E-state index in [9.17, 15) is 46.0 Å². The van der Waals surface area contributed by atoms with Crippen LogP contribution >= 0.6 is 0 Å². The lowest BCUT2D eigenvalue weighted by Crippen LogP contribution is -2.75. The molecule has 1 unspecified atom stereocenters. The van der Waals surface area contributed by atoms with Crippen molar-refractivity contribution in [2.75, 3.05) is 13.2 Å². The van der Waals surface area contributed by atoms with Gasteiger partial charge in [-0.05, 0) is 138 Å². The molecule has 13 N–H and O–H groups in total. The van der Waals surface area contributed by atoms with Crippen molar-refractivity contribution in [1.29, 1.82) is 0 Å². The Kier molecular flexibility index (Phi) is 12.9. The SMILES string of the molecule is CCC[C@@H]1CC[C@H]2[C@H]3[C@@H](O[C@@H]2CC1)[C@@](O)([C@](C)(O)[C@H]1CC[C@@]2(O)C4=C(NC[C@H](C)O)C(=O)[C@@]56CC#CC[C@@]12C[C@@]1(O)C=C[C@H](C2=C(CCCO)NC(N)C=C2)C[C@@]5(C[C@H](O)[C@H](O)C6)[C@H]41)CCC[C@@H]3O. The van der Waals surface area contributed by atoms with Gasteiger partial charge in [-0.25, -0.2) is 0 Å². The standard InChI is InChI=1S/C55H81N3O11/c1-4-9-32-12-14-35-40(16-13-32)69-48-43(35)37(61)11-7-22-55(48,68)49(3,65)41-19-24-54(67)44-45(57-29-31(2)60)47(64)50-20-5-6-21-51(41,54)30-53(66)23-18-33(34-15-17-42(56)58-36(34)10-8-25-59)26-52(50,46(44)53)28-39(63)38(62)27-50/h15,17-18,23,31-33,35,37-43,46,48,57-63,65-68H,4,7-14,16,19-22,24-30,56H2,1-3H3/t31-,32+,33-,35+,37-,38+,39-,40+,41+,42?,43+,46-,48+,49+,50-,51+,52+,53-,54+,55+/m0/s1. The third-order valence-corrected chi connectivity index (χ3v) is 20.6. The molecule has 0 aromatic carbocycles. The molecule has 382 valence electrons. The molecule has 0 aromatic rings. The number of nitrogens with two attached hydrogens (primary N) is 1. The van der Waals surface area contributed by atoms with Crippen LogP contribution in [0, 0.1) is 63.6 Å². The zero-order valence-electron chi connectivity index (χ0n) is 41.1. The molecule has 9 aliphatic carbocycles. The van der Waals surface area contributed by atoms with E-state index < -0.39 is 105 Å². The molecule has 2 aliphatic heterocycles. The van der Waals surface area contributed by atoms with E-state index in [4.69, 9.17) is 10.5 Å². The fourth-order valence-electron chi connectivity index (χ4n) is 17.7. The van der Waals surface area contributed by atoms with Gasteiger partial charge in [0.2, 0.25) is 0 Å². The molecule has 3 spiro atoms. The summed E-state index contributed by atoms with van der Waals surface area (Å²) >= 11 is 0. The number of aliphatic hydroxyl groups is 9. The number of aliphatic hydroxyl groups excluding tert-OH is 5. The molecule has 1 saturated heterocycles. The molecular formula is C55H81N3O11. The number of hydrogen-bond donors (Lipinski definition) is 12. The van der Waals surface area contributed by atoms with Crippen molar-refractivity contribution >= 4 is 5.78 Å². The zero-order chi connectivity index (χ0) is 49.1. The Morgan fingerprint density at radius 1 is 0.971 bits per heavy atom. The summed E-state index contributed by atoms with van der Waals surface area (Å²) in [7, 11) is 0. The van der Waals surface area contributed by atoms with Crippen LogP contribution in [-0.4, -0.2) is 130 Å². The number of allylic oxidation sites excluding steroid dienone is 5. The minimum atomic E-state index is -1.98. The molecule has 0 radical (unpaired) electrons. The molecule has 14 heteroatoms. The molecule has 6 bridgehead atoms. The van der Waals surface area contributed by atoms with E-state index in [1.807, 2.05) is 24.3 Å². The Labute approximate surface area is 407 Å². The highest BCUT2D eigenvalue weighted by Gasteiger charge is 2.81. The third-order valence-electron chi connectivity index (χ3n) is 20.6. The van der Waals surface area contributed by atoms with E-state index in [-0.39, 0.29) is 94.2 Å². The lowest BCUT2D eigenvalue weighted by molar-refractivity contribution is -0.268. The number of fused-ring (bicyclic) bond motifs is 6. The summed E-state index contributed by atoms with van der Waals surface area (Å²) in [5.41, 5.74) is -3.42. The minimum absolute atomic E-state index is 0.00494. The van der Waals surface area contributed by atoms with Crippen molar-refractivity contribution in [2.45, 2.75) is 208 Å². The summed E-state index contributed by atoms with van der Waals surface area (Å²) in [6, 6.07) is 0. The van der Waals surface area contributed by atoms with E-state index in [0.717, 1.165) is 49.8 Å². The predicted molar refractivity (Wildman–Crippen MR) is 257 cm³/mol. The highest BCUT2D eigenvalue weighted by molar-refractivity contribution is 6.03. The van der Waals surface area contributed by atoms with Crippen LogP contribution in [-0.2, 0) is 9.53 Å². The van der Waals surface area contributed by atoms with Gasteiger partial charge in [0.1, 0.15) is 5.60 Å². The quantitative estimate of drug-likeness (QED) is 0.105. The van der Waals surface area contributed by atoms with E-state index in [1.54, 1.807) is 13.8 Å². The van der Waals surface area contributed by atoms with Gasteiger partial charge in [-0.2, -0.15) is 0 Å². The number of hydrogen-bond acceptors (Lipinski definition) is 14. The van der Waals surface area contributed by atoms with Crippen molar-refractivity contribution in [2.24, 2.45) is 57.5 Å². The average molecular weight is 960 g/mol. The topological polar surface area (TPSA) is 258 Å². The predicted octanol–water partition coefficient (Wildman–Crippen LogP) is 3.02. The molecule has 0 aromatic heterocycles. The number of carbonyl (C=O) groups is 1. The Hall–Kier alpha value is -2.65. The Morgan fingerprint density at radius 2 is 1.72 bits per heavy atom. The minimum Gasteiger partial charge on any atom is -0.396 e. The molecule has 0 amide bonds. The number of carbonyl (C=O) groups excluding carboxylic acids is 1. The fourth-order valence-corrected chi connectivity index (χ4v) is 17.7. The number of nitrogens with one attached hydrogen (secondary N) is 2. The van der Waals surface area contributed by atoms with Crippen molar-refractivity contribution < 1.29 is 55.5 Å². The van der Waals surface area contributed by atoms with Crippen molar-refractivity contribution in [3.63, 3.8) is 0 Å². The van der Waals surface area contributed by atoms with Gasteiger partial charge in [-0.15, -0.1) is 11.8 Å². The highest BCUT2D eigenvalue weighted by atomic mass is 16.5. The number of ether oxygens (including phenoxy) is 1. The smallest absolute Gasteiger partial charge is 0.186 e. The van der Waals surface area contributed by atoms with Crippen molar-refractivity contribution in [3.05, 3.63) is 46.8 Å². The second-order valence-electron chi connectivity index (χ2n) is 24.2. The van der Waals surface area contributed by atoms with Crippen LogP contribution in [0.4, 0.5) is 0 Å².